The number of carbonyl (C=O) groups is 2. The largest absolute Gasteiger partial charge is 0.303 e. The minimum absolute atomic E-state index is 0.00533. The maximum atomic E-state index is 12.3. The van der Waals surface area contributed by atoms with Gasteiger partial charge in [0, 0.05) is 16.6 Å². The van der Waals surface area contributed by atoms with Gasteiger partial charge in [0.15, 0.2) is 0 Å². The molecule has 0 unspecified atom stereocenters. The Morgan fingerprint density at radius 1 is 1.15 bits per heavy atom. The molecule has 0 radical (unpaired) electrons. The molecule has 1 aliphatic heterocycles. The Kier molecular flexibility index (Phi) is 5.15. The molecule has 136 valence electrons. The van der Waals surface area contributed by atoms with E-state index < -0.39 is 15.9 Å². The molecule has 2 amide bonds. The highest BCUT2D eigenvalue weighted by Crippen LogP contribution is 2.30. The lowest BCUT2D eigenvalue weighted by molar-refractivity contribution is -0.123. The second-order valence-electron chi connectivity index (χ2n) is 6.09. The molecular formula is C18H17BrN2O4S. The predicted octanol–water partition coefficient (Wildman–Crippen LogP) is 2.54. The van der Waals surface area contributed by atoms with Crippen LogP contribution in [0.4, 0.5) is 5.69 Å². The molecule has 2 aromatic carbocycles. The molecule has 0 saturated carbocycles. The zero-order valence-electron chi connectivity index (χ0n) is 14.0. The average Bonchev–Trinajstić information content (AvgIpc) is 2.57. The van der Waals surface area contributed by atoms with Crippen LogP contribution in [0.2, 0.25) is 0 Å². The summed E-state index contributed by atoms with van der Waals surface area (Å²) in [4.78, 5) is 25.9. The molecule has 0 spiro atoms. The van der Waals surface area contributed by atoms with Crippen LogP contribution in [0.25, 0.3) is 0 Å². The number of nitrogens with zero attached hydrogens (tertiary/aromatic N) is 1. The highest BCUT2D eigenvalue weighted by Gasteiger charge is 2.27. The summed E-state index contributed by atoms with van der Waals surface area (Å²) >= 11 is 3.38. The minimum Gasteiger partial charge on any atom is -0.303 e. The molecule has 2 aromatic rings. The fourth-order valence-corrected chi connectivity index (χ4v) is 4.19. The van der Waals surface area contributed by atoms with Crippen molar-refractivity contribution in [1.82, 2.24) is 4.72 Å². The van der Waals surface area contributed by atoms with E-state index in [1.165, 1.54) is 17.0 Å². The normalized spacial score (nSPS) is 14.1. The summed E-state index contributed by atoms with van der Waals surface area (Å²) in [6.07, 6.45) is 0.870. The van der Waals surface area contributed by atoms with Gasteiger partial charge in [0.2, 0.25) is 5.91 Å². The van der Waals surface area contributed by atoms with Crippen LogP contribution in [0.3, 0.4) is 0 Å². The predicted molar refractivity (Wildman–Crippen MR) is 101 cm³/mol. The van der Waals surface area contributed by atoms with Crippen molar-refractivity contribution in [1.29, 1.82) is 0 Å². The van der Waals surface area contributed by atoms with E-state index in [0.717, 1.165) is 15.6 Å². The summed E-state index contributed by atoms with van der Waals surface area (Å²) in [5.41, 5.74) is 2.48. The Morgan fingerprint density at radius 3 is 2.54 bits per heavy atom. The van der Waals surface area contributed by atoms with Crippen molar-refractivity contribution < 1.29 is 18.0 Å². The Bertz CT molecular complexity index is 971. The van der Waals surface area contributed by atoms with Crippen molar-refractivity contribution in [3.8, 4) is 0 Å². The molecule has 0 atom stereocenters. The first-order valence-electron chi connectivity index (χ1n) is 7.97. The lowest BCUT2D eigenvalue weighted by Gasteiger charge is -2.29. The Hall–Kier alpha value is -2.19. The van der Waals surface area contributed by atoms with Gasteiger partial charge < -0.3 is 4.90 Å². The number of halogens is 1. The summed E-state index contributed by atoms with van der Waals surface area (Å²) in [7, 11) is -3.97. The highest BCUT2D eigenvalue weighted by atomic mass is 79.9. The van der Waals surface area contributed by atoms with Crippen LogP contribution in [-0.4, -0.2) is 26.8 Å². The quantitative estimate of drug-likeness (QED) is 0.797. The molecule has 1 aliphatic rings. The zero-order chi connectivity index (χ0) is 18.9. The molecule has 26 heavy (non-hydrogen) atoms. The van der Waals surface area contributed by atoms with Gasteiger partial charge in [0.1, 0.15) is 6.54 Å². The van der Waals surface area contributed by atoms with Gasteiger partial charge >= 0.3 is 0 Å². The van der Waals surface area contributed by atoms with E-state index in [9.17, 15) is 18.0 Å². The van der Waals surface area contributed by atoms with Crippen LogP contribution in [0, 0.1) is 6.92 Å². The number of aryl methyl sites for hydroxylation is 2. The topological polar surface area (TPSA) is 83.6 Å². The highest BCUT2D eigenvalue weighted by molar-refractivity contribution is 9.10. The van der Waals surface area contributed by atoms with Crippen LogP contribution in [0.5, 0.6) is 0 Å². The maximum absolute atomic E-state index is 12.3. The summed E-state index contributed by atoms with van der Waals surface area (Å²) in [5.74, 6) is -0.961. The number of rotatable bonds is 4. The number of anilines is 1. The van der Waals surface area contributed by atoms with E-state index in [4.69, 9.17) is 0 Å². The molecule has 6 nitrogen and oxygen atoms in total. The van der Waals surface area contributed by atoms with Gasteiger partial charge in [0.05, 0.1) is 4.90 Å². The number of carbonyl (C=O) groups excluding carboxylic acids is 2. The van der Waals surface area contributed by atoms with Crippen molar-refractivity contribution in [3.63, 3.8) is 0 Å². The van der Waals surface area contributed by atoms with Crippen LogP contribution >= 0.6 is 15.9 Å². The first-order chi connectivity index (χ1) is 12.3. The Labute approximate surface area is 160 Å². The molecule has 0 saturated heterocycles. The van der Waals surface area contributed by atoms with Gasteiger partial charge in [0.25, 0.3) is 15.9 Å². The zero-order valence-corrected chi connectivity index (χ0v) is 16.4. The monoisotopic (exact) mass is 436 g/mol. The van der Waals surface area contributed by atoms with Crippen LogP contribution in [0.1, 0.15) is 17.5 Å². The van der Waals surface area contributed by atoms with Crippen molar-refractivity contribution in [2.45, 2.75) is 24.7 Å². The molecule has 1 heterocycles. The van der Waals surface area contributed by atoms with E-state index in [2.05, 4.69) is 15.9 Å². The lowest BCUT2D eigenvalue weighted by Crippen LogP contribution is -2.44. The number of sulfonamides is 1. The number of benzene rings is 2. The molecule has 0 aromatic heterocycles. The Morgan fingerprint density at radius 2 is 1.85 bits per heavy atom. The summed E-state index contributed by atoms with van der Waals surface area (Å²) in [6.45, 7) is 1.49. The van der Waals surface area contributed by atoms with E-state index in [1.807, 2.05) is 17.7 Å². The van der Waals surface area contributed by atoms with E-state index in [0.29, 0.717) is 12.1 Å². The molecule has 0 aliphatic carbocycles. The number of fused-ring (bicyclic) bond motifs is 1. The second-order valence-corrected chi connectivity index (χ2v) is 8.69. The first kappa shape index (κ1) is 18.6. The number of hydrogen-bond acceptors (Lipinski definition) is 4. The fourth-order valence-electron chi connectivity index (χ4n) is 2.80. The average molecular weight is 437 g/mol. The van der Waals surface area contributed by atoms with Crippen LogP contribution in [-0.2, 0) is 26.0 Å². The number of hydrogen-bond donors (Lipinski definition) is 1. The molecule has 0 fully saturated rings. The molecule has 3 rings (SSSR count). The molecule has 1 N–H and O–H groups in total. The van der Waals surface area contributed by atoms with Gasteiger partial charge in [-0.15, -0.1) is 0 Å². The Balaban J connectivity index is 1.78. The first-order valence-corrected chi connectivity index (χ1v) is 10.2. The van der Waals surface area contributed by atoms with Crippen molar-refractivity contribution >= 4 is 43.5 Å². The third-order valence-corrected chi connectivity index (χ3v) is 6.01. The van der Waals surface area contributed by atoms with Gasteiger partial charge in [-0.1, -0.05) is 33.6 Å². The number of nitrogens with one attached hydrogen (secondary N) is 1. The van der Waals surface area contributed by atoms with E-state index >= 15 is 0 Å². The van der Waals surface area contributed by atoms with Crippen molar-refractivity contribution in [2.75, 3.05) is 11.4 Å². The maximum Gasteiger partial charge on any atom is 0.264 e. The molecule has 8 heteroatoms. The SMILES string of the molecule is Cc1ccc(S(=O)(=O)NC(=O)CN2C(=O)CCc3cc(Br)ccc32)cc1. The molecular weight excluding hydrogens is 420 g/mol. The van der Waals surface area contributed by atoms with E-state index in [-0.39, 0.29) is 23.8 Å². The van der Waals surface area contributed by atoms with Gasteiger partial charge in [-0.05, 0) is 49.2 Å². The minimum atomic E-state index is -3.97. The van der Waals surface area contributed by atoms with E-state index in [1.54, 1.807) is 24.3 Å². The third-order valence-electron chi connectivity index (χ3n) is 4.12. The number of amides is 2. The van der Waals surface area contributed by atoms with Gasteiger partial charge in [-0.3, -0.25) is 9.59 Å². The second kappa shape index (κ2) is 7.20. The van der Waals surface area contributed by atoms with Crippen LogP contribution in [0.15, 0.2) is 51.8 Å². The molecule has 0 bridgehead atoms. The smallest absolute Gasteiger partial charge is 0.264 e. The standard InChI is InChI=1S/C18H17BrN2O4S/c1-12-2-6-15(7-3-12)26(24,25)20-17(22)11-21-16-8-5-14(19)10-13(16)4-9-18(21)23/h2-3,5-8,10H,4,9,11H2,1H3,(H,20,22). The lowest BCUT2D eigenvalue weighted by atomic mass is 10.0. The van der Waals surface area contributed by atoms with Gasteiger partial charge in [-0.2, -0.15) is 0 Å². The summed E-state index contributed by atoms with van der Waals surface area (Å²) in [5, 5.41) is 0. The van der Waals surface area contributed by atoms with Crippen LogP contribution < -0.4 is 9.62 Å². The van der Waals surface area contributed by atoms with Gasteiger partial charge in [-0.25, -0.2) is 13.1 Å². The third kappa shape index (κ3) is 3.96. The van der Waals surface area contributed by atoms with Crippen molar-refractivity contribution in [3.05, 3.63) is 58.1 Å². The fraction of sp³-hybridized carbons (Fsp3) is 0.222. The van der Waals surface area contributed by atoms with Crippen molar-refractivity contribution in [2.24, 2.45) is 0 Å². The summed E-state index contributed by atoms with van der Waals surface area (Å²) < 4.78 is 27.6. The summed E-state index contributed by atoms with van der Waals surface area (Å²) in [6, 6.07) is 11.6.